The Balaban J connectivity index is 2.62. The summed E-state index contributed by atoms with van der Waals surface area (Å²) in [6.45, 7) is 1.59. The molecule has 1 atom stereocenters. The maximum atomic E-state index is 11.6. The Hall–Kier alpha value is -0.920. The highest BCUT2D eigenvalue weighted by Crippen LogP contribution is 2.15. The van der Waals surface area contributed by atoms with Gasteiger partial charge in [-0.1, -0.05) is 22.0 Å². The van der Waals surface area contributed by atoms with E-state index in [2.05, 4.69) is 21.2 Å². The van der Waals surface area contributed by atoms with E-state index < -0.39 is 27.5 Å². The van der Waals surface area contributed by atoms with Crippen molar-refractivity contribution >= 4 is 37.4 Å². The van der Waals surface area contributed by atoms with Crippen molar-refractivity contribution < 1.29 is 13.2 Å². The van der Waals surface area contributed by atoms with E-state index in [-0.39, 0.29) is 5.75 Å². The summed E-state index contributed by atoms with van der Waals surface area (Å²) in [5, 5.41) is 2.52. The van der Waals surface area contributed by atoms with Crippen molar-refractivity contribution in [2.45, 2.75) is 13.0 Å². The van der Waals surface area contributed by atoms with Crippen LogP contribution in [0.2, 0.25) is 0 Å². The molecule has 1 aromatic carbocycles. The number of hydrogen-bond acceptors (Lipinski definition) is 4. The highest BCUT2D eigenvalue weighted by atomic mass is 79.9. The average molecular weight is 335 g/mol. The first-order valence-electron chi connectivity index (χ1n) is 5.30. The largest absolute Gasteiger partial charge is 0.327 e. The first-order chi connectivity index (χ1) is 8.28. The molecule has 1 rings (SSSR count). The molecule has 5 nitrogen and oxygen atoms in total. The lowest BCUT2D eigenvalue weighted by Gasteiger charge is -2.08. The number of benzene rings is 1. The Morgan fingerprint density at radius 1 is 1.50 bits per heavy atom. The van der Waals surface area contributed by atoms with E-state index >= 15 is 0 Å². The maximum Gasteiger partial charge on any atom is 0.239 e. The Bertz CT molecular complexity index is 529. The third-order valence-corrected chi connectivity index (χ3v) is 4.21. The van der Waals surface area contributed by atoms with Crippen LogP contribution in [0, 0.1) is 0 Å². The minimum absolute atomic E-state index is 0.196. The lowest BCUT2D eigenvalue weighted by atomic mass is 10.3. The monoisotopic (exact) mass is 334 g/mol. The standard InChI is InChI=1S/C11H15BrN2O3S/c1-8(13)6-18(16,17)7-11(15)14-10-4-2-3-9(12)5-10/h2-5,8H,6-7,13H2,1H3,(H,14,15). The minimum Gasteiger partial charge on any atom is -0.327 e. The summed E-state index contributed by atoms with van der Waals surface area (Å²) in [7, 11) is -3.46. The second-order valence-electron chi connectivity index (χ2n) is 4.09. The predicted octanol–water partition coefficient (Wildman–Crippen LogP) is 1.15. The van der Waals surface area contributed by atoms with E-state index in [1.807, 2.05) is 6.07 Å². The lowest BCUT2D eigenvalue weighted by molar-refractivity contribution is -0.113. The zero-order valence-electron chi connectivity index (χ0n) is 9.89. The number of sulfone groups is 1. The summed E-state index contributed by atoms with van der Waals surface area (Å²) in [5.41, 5.74) is 5.96. The molecule has 1 amide bonds. The number of amides is 1. The molecule has 1 unspecified atom stereocenters. The van der Waals surface area contributed by atoms with E-state index in [0.717, 1.165) is 4.47 Å². The fourth-order valence-electron chi connectivity index (χ4n) is 1.42. The second kappa shape index (κ2) is 6.31. The third kappa shape index (κ3) is 5.61. The highest BCUT2D eigenvalue weighted by Gasteiger charge is 2.18. The van der Waals surface area contributed by atoms with Crippen molar-refractivity contribution in [3.05, 3.63) is 28.7 Å². The summed E-state index contributed by atoms with van der Waals surface area (Å²) in [6, 6.07) is 6.45. The molecule has 0 fully saturated rings. The van der Waals surface area contributed by atoms with E-state index in [0.29, 0.717) is 5.69 Å². The zero-order chi connectivity index (χ0) is 13.8. The van der Waals surface area contributed by atoms with Crippen molar-refractivity contribution in [3.8, 4) is 0 Å². The molecule has 1 aromatic rings. The molecule has 0 aliphatic carbocycles. The van der Waals surface area contributed by atoms with Crippen LogP contribution in [0.15, 0.2) is 28.7 Å². The normalized spacial score (nSPS) is 13.1. The van der Waals surface area contributed by atoms with Crippen LogP contribution in [-0.2, 0) is 14.6 Å². The van der Waals surface area contributed by atoms with Gasteiger partial charge in [0.15, 0.2) is 9.84 Å². The molecular weight excluding hydrogens is 320 g/mol. The Kier molecular flexibility index (Phi) is 5.30. The topological polar surface area (TPSA) is 89.3 Å². The van der Waals surface area contributed by atoms with Gasteiger partial charge in [-0.2, -0.15) is 0 Å². The number of carbonyl (C=O) groups is 1. The first-order valence-corrected chi connectivity index (χ1v) is 7.91. The van der Waals surface area contributed by atoms with Gasteiger partial charge in [0.05, 0.1) is 5.75 Å². The molecule has 0 saturated heterocycles. The van der Waals surface area contributed by atoms with Crippen LogP contribution in [0.4, 0.5) is 5.69 Å². The Morgan fingerprint density at radius 3 is 2.72 bits per heavy atom. The van der Waals surface area contributed by atoms with Crippen molar-refractivity contribution in [1.82, 2.24) is 0 Å². The summed E-state index contributed by atoms with van der Waals surface area (Å²) in [5.74, 6) is -1.31. The van der Waals surface area contributed by atoms with Crippen molar-refractivity contribution in [3.63, 3.8) is 0 Å². The SMILES string of the molecule is CC(N)CS(=O)(=O)CC(=O)Nc1cccc(Br)c1. The van der Waals surface area contributed by atoms with E-state index in [9.17, 15) is 13.2 Å². The van der Waals surface area contributed by atoms with Gasteiger partial charge in [0.25, 0.3) is 0 Å². The molecule has 0 radical (unpaired) electrons. The molecule has 18 heavy (non-hydrogen) atoms. The molecule has 7 heteroatoms. The molecule has 0 aliphatic rings. The highest BCUT2D eigenvalue weighted by molar-refractivity contribution is 9.10. The molecule has 100 valence electrons. The van der Waals surface area contributed by atoms with Gasteiger partial charge in [-0.3, -0.25) is 4.79 Å². The van der Waals surface area contributed by atoms with Gasteiger partial charge < -0.3 is 11.1 Å². The van der Waals surface area contributed by atoms with Crippen LogP contribution in [0.25, 0.3) is 0 Å². The fourth-order valence-corrected chi connectivity index (χ4v) is 3.21. The van der Waals surface area contributed by atoms with E-state index in [1.54, 1.807) is 25.1 Å². The molecule has 0 aliphatic heterocycles. The minimum atomic E-state index is -3.46. The number of carbonyl (C=O) groups excluding carboxylic acids is 1. The van der Waals surface area contributed by atoms with Crippen molar-refractivity contribution in [2.75, 3.05) is 16.8 Å². The molecule has 3 N–H and O–H groups in total. The Labute approximate surface area is 115 Å². The average Bonchev–Trinajstić information content (AvgIpc) is 2.13. The lowest BCUT2D eigenvalue weighted by Crippen LogP contribution is -2.32. The van der Waals surface area contributed by atoms with Crippen molar-refractivity contribution in [2.24, 2.45) is 5.73 Å². The van der Waals surface area contributed by atoms with Crippen LogP contribution in [-0.4, -0.2) is 31.9 Å². The summed E-state index contributed by atoms with van der Waals surface area (Å²) in [4.78, 5) is 11.6. The molecule has 0 saturated carbocycles. The van der Waals surface area contributed by atoms with Gasteiger partial charge in [0, 0.05) is 16.2 Å². The Morgan fingerprint density at radius 2 is 2.17 bits per heavy atom. The maximum absolute atomic E-state index is 11.6. The number of anilines is 1. The number of halogens is 1. The van der Waals surface area contributed by atoms with Crippen molar-refractivity contribution in [1.29, 1.82) is 0 Å². The number of hydrogen-bond donors (Lipinski definition) is 2. The van der Waals surface area contributed by atoms with Crippen LogP contribution in [0.1, 0.15) is 6.92 Å². The molecule has 0 spiro atoms. The number of nitrogens with one attached hydrogen (secondary N) is 1. The molecule has 0 aromatic heterocycles. The summed E-state index contributed by atoms with van der Waals surface area (Å²) in [6.07, 6.45) is 0. The quantitative estimate of drug-likeness (QED) is 0.845. The van der Waals surface area contributed by atoms with Gasteiger partial charge in [-0.05, 0) is 25.1 Å². The summed E-state index contributed by atoms with van der Waals surface area (Å²) < 4.78 is 23.9. The fraction of sp³-hybridized carbons (Fsp3) is 0.364. The smallest absolute Gasteiger partial charge is 0.239 e. The summed E-state index contributed by atoms with van der Waals surface area (Å²) >= 11 is 3.26. The second-order valence-corrected chi connectivity index (χ2v) is 7.12. The van der Waals surface area contributed by atoms with Gasteiger partial charge in [0.2, 0.25) is 5.91 Å². The van der Waals surface area contributed by atoms with E-state index in [1.165, 1.54) is 0 Å². The number of rotatable bonds is 5. The van der Waals surface area contributed by atoms with Crippen LogP contribution >= 0.6 is 15.9 Å². The molecule has 0 heterocycles. The van der Waals surface area contributed by atoms with Gasteiger partial charge in [-0.25, -0.2) is 8.42 Å². The first kappa shape index (κ1) is 15.1. The predicted molar refractivity (Wildman–Crippen MR) is 75.1 cm³/mol. The van der Waals surface area contributed by atoms with E-state index in [4.69, 9.17) is 5.73 Å². The van der Waals surface area contributed by atoms with Gasteiger partial charge in [-0.15, -0.1) is 0 Å². The van der Waals surface area contributed by atoms with Crippen LogP contribution < -0.4 is 11.1 Å². The van der Waals surface area contributed by atoms with Crippen LogP contribution in [0.5, 0.6) is 0 Å². The van der Waals surface area contributed by atoms with Crippen LogP contribution in [0.3, 0.4) is 0 Å². The number of nitrogens with two attached hydrogens (primary N) is 1. The van der Waals surface area contributed by atoms with Gasteiger partial charge >= 0.3 is 0 Å². The zero-order valence-corrected chi connectivity index (χ0v) is 12.3. The molecule has 0 bridgehead atoms. The molecular formula is C11H15BrN2O3S. The third-order valence-electron chi connectivity index (χ3n) is 1.98. The van der Waals surface area contributed by atoms with Gasteiger partial charge in [0.1, 0.15) is 5.75 Å².